The number of carbonyl (C=O) groups excluding carboxylic acids is 1. The lowest BCUT2D eigenvalue weighted by molar-refractivity contribution is 0.0715. The number of nitrogens with one attached hydrogen (secondary N) is 1. The molecule has 1 aromatic heterocycles. The smallest absolute Gasteiger partial charge is 0.317 e. The summed E-state index contributed by atoms with van der Waals surface area (Å²) in [6.45, 7) is 1.23. The third-order valence-electron chi connectivity index (χ3n) is 3.39. The van der Waals surface area contributed by atoms with Crippen molar-refractivity contribution in [3.05, 3.63) is 48.4 Å². The van der Waals surface area contributed by atoms with Crippen LogP contribution < -0.4 is 14.8 Å². The van der Waals surface area contributed by atoms with Gasteiger partial charge >= 0.3 is 6.03 Å². The first-order valence-corrected chi connectivity index (χ1v) is 7.12. The van der Waals surface area contributed by atoms with Gasteiger partial charge in [0.25, 0.3) is 0 Å². The standard InChI is InChI=1S/C16H18N2O4/c1-18(16(19)17-9-12-5-4-8-20-12)10-13-11-21-14-6-2-3-7-15(14)22-13/h2-8,13H,9-11H2,1H3,(H,17,19)/t13-/m1/s1. The summed E-state index contributed by atoms with van der Waals surface area (Å²) in [5.74, 6) is 2.17. The van der Waals surface area contributed by atoms with Crippen LogP contribution in [0.1, 0.15) is 5.76 Å². The molecule has 0 spiro atoms. The van der Waals surface area contributed by atoms with Gasteiger partial charge in [0.15, 0.2) is 17.6 Å². The minimum atomic E-state index is -0.186. The van der Waals surface area contributed by atoms with E-state index in [2.05, 4.69) is 5.32 Å². The van der Waals surface area contributed by atoms with Crippen LogP contribution in [0.15, 0.2) is 47.1 Å². The van der Waals surface area contributed by atoms with Crippen molar-refractivity contribution in [1.29, 1.82) is 0 Å². The fourth-order valence-electron chi connectivity index (χ4n) is 2.25. The highest BCUT2D eigenvalue weighted by molar-refractivity contribution is 5.73. The molecule has 1 N–H and O–H groups in total. The number of urea groups is 1. The Bertz CT molecular complexity index is 627. The van der Waals surface area contributed by atoms with Gasteiger partial charge in [-0.3, -0.25) is 0 Å². The van der Waals surface area contributed by atoms with Crippen molar-refractivity contribution in [2.75, 3.05) is 20.2 Å². The molecule has 2 aromatic rings. The molecule has 2 amide bonds. The van der Waals surface area contributed by atoms with Crippen LogP contribution >= 0.6 is 0 Å². The maximum atomic E-state index is 12.0. The Morgan fingerprint density at radius 1 is 1.27 bits per heavy atom. The summed E-state index contributed by atoms with van der Waals surface area (Å²) >= 11 is 0. The largest absolute Gasteiger partial charge is 0.486 e. The molecule has 6 heteroatoms. The maximum Gasteiger partial charge on any atom is 0.317 e. The lowest BCUT2D eigenvalue weighted by Crippen LogP contribution is -2.45. The SMILES string of the molecule is CN(C[C@@H]1COc2ccccc2O1)C(=O)NCc1ccco1. The second kappa shape index (κ2) is 6.43. The number of nitrogens with zero attached hydrogens (tertiary/aromatic N) is 1. The summed E-state index contributed by atoms with van der Waals surface area (Å²) in [6.07, 6.45) is 1.39. The molecule has 2 heterocycles. The molecule has 0 saturated heterocycles. The van der Waals surface area contributed by atoms with Crippen LogP contribution in [0.4, 0.5) is 4.79 Å². The molecular weight excluding hydrogens is 284 g/mol. The number of likely N-dealkylation sites (N-methyl/N-ethyl adjacent to an activating group) is 1. The summed E-state index contributed by atoms with van der Waals surface area (Å²) in [5.41, 5.74) is 0. The third kappa shape index (κ3) is 3.33. The van der Waals surface area contributed by atoms with Crippen molar-refractivity contribution in [1.82, 2.24) is 10.2 Å². The second-order valence-corrected chi connectivity index (χ2v) is 5.12. The number of benzene rings is 1. The zero-order valence-corrected chi connectivity index (χ0v) is 12.3. The highest BCUT2D eigenvalue weighted by Gasteiger charge is 2.23. The van der Waals surface area contributed by atoms with E-state index in [1.54, 1.807) is 24.3 Å². The van der Waals surface area contributed by atoms with Crippen LogP contribution in [0, 0.1) is 0 Å². The normalized spacial score (nSPS) is 16.1. The molecule has 0 bridgehead atoms. The van der Waals surface area contributed by atoms with Crippen molar-refractivity contribution < 1.29 is 18.7 Å². The number of ether oxygens (including phenoxy) is 2. The summed E-state index contributed by atoms with van der Waals surface area (Å²) in [5, 5.41) is 2.79. The second-order valence-electron chi connectivity index (χ2n) is 5.12. The summed E-state index contributed by atoms with van der Waals surface area (Å²) in [7, 11) is 1.72. The fourth-order valence-corrected chi connectivity index (χ4v) is 2.25. The molecule has 1 aromatic carbocycles. The van der Waals surface area contributed by atoms with E-state index in [1.807, 2.05) is 30.3 Å². The van der Waals surface area contributed by atoms with Crippen molar-refractivity contribution >= 4 is 6.03 Å². The molecule has 0 fully saturated rings. The summed E-state index contributed by atoms with van der Waals surface area (Å²) < 4.78 is 16.6. The van der Waals surface area contributed by atoms with Crippen LogP contribution in [0.3, 0.4) is 0 Å². The van der Waals surface area contributed by atoms with Crippen molar-refractivity contribution in [3.8, 4) is 11.5 Å². The van der Waals surface area contributed by atoms with Gasteiger partial charge in [-0.1, -0.05) is 12.1 Å². The Morgan fingerprint density at radius 3 is 2.86 bits per heavy atom. The van der Waals surface area contributed by atoms with E-state index in [9.17, 15) is 4.79 Å². The van der Waals surface area contributed by atoms with Crippen molar-refractivity contribution in [2.45, 2.75) is 12.6 Å². The van der Waals surface area contributed by atoms with Crippen molar-refractivity contribution in [2.24, 2.45) is 0 Å². The lowest BCUT2D eigenvalue weighted by Gasteiger charge is -2.29. The molecule has 22 heavy (non-hydrogen) atoms. The summed E-state index contributed by atoms with van der Waals surface area (Å²) in [6, 6.07) is 10.9. The molecule has 116 valence electrons. The number of hydrogen-bond donors (Lipinski definition) is 1. The molecule has 0 aliphatic carbocycles. The van der Waals surface area contributed by atoms with Crippen molar-refractivity contribution in [3.63, 3.8) is 0 Å². The van der Waals surface area contributed by atoms with E-state index in [1.165, 1.54) is 0 Å². The van der Waals surface area contributed by atoms with E-state index in [0.717, 1.165) is 5.75 Å². The molecule has 1 aliphatic rings. The average Bonchev–Trinajstić information content (AvgIpc) is 3.06. The number of furan rings is 1. The first-order valence-electron chi connectivity index (χ1n) is 7.12. The fraction of sp³-hybridized carbons (Fsp3) is 0.312. The van der Waals surface area contributed by atoms with Gasteiger partial charge in [-0.2, -0.15) is 0 Å². The topological polar surface area (TPSA) is 63.9 Å². The van der Waals surface area contributed by atoms with Gasteiger partial charge in [0, 0.05) is 7.05 Å². The lowest BCUT2D eigenvalue weighted by atomic mass is 10.2. The minimum Gasteiger partial charge on any atom is -0.486 e. The quantitative estimate of drug-likeness (QED) is 0.941. The van der Waals surface area contributed by atoms with Crippen LogP contribution in [-0.2, 0) is 6.54 Å². The molecule has 6 nitrogen and oxygen atoms in total. The minimum absolute atomic E-state index is 0.182. The molecule has 0 saturated carbocycles. The third-order valence-corrected chi connectivity index (χ3v) is 3.39. The first-order chi connectivity index (χ1) is 10.7. The Hall–Kier alpha value is -2.63. The Morgan fingerprint density at radius 2 is 2.09 bits per heavy atom. The van der Waals surface area contributed by atoms with Crippen LogP contribution in [0.5, 0.6) is 11.5 Å². The average molecular weight is 302 g/mol. The Kier molecular flexibility index (Phi) is 4.18. The highest BCUT2D eigenvalue weighted by atomic mass is 16.6. The maximum absolute atomic E-state index is 12.0. The molecule has 1 aliphatic heterocycles. The molecular formula is C16H18N2O4. The van der Waals surface area contributed by atoms with Gasteiger partial charge in [0.1, 0.15) is 12.4 Å². The predicted octanol–water partition coefficient (Wildman–Crippen LogP) is 2.26. The number of carbonyl (C=O) groups is 1. The van der Waals surface area contributed by atoms with Gasteiger partial charge in [-0.15, -0.1) is 0 Å². The number of para-hydroxylation sites is 2. The van der Waals surface area contributed by atoms with E-state index in [-0.39, 0.29) is 12.1 Å². The number of rotatable bonds is 4. The molecule has 1 atom stereocenters. The van der Waals surface area contributed by atoms with E-state index in [4.69, 9.17) is 13.9 Å². The Labute approximate surface area is 128 Å². The Balaban J connectivity index is 1.49. The van der Waals surface area contributed by atoms with Gasteiger partial charge in [0.05, 0.1) is 19.4 Å². The molecule has 0 unspecified atom stereocenters. The van der Waals surface area contributed by atoms with E-state index >= 15 is 0 Å². The molecule has 3 rings (SSSR count). The number of hydrogen-bond acceptors (Lipinski definition) is 4. The number of amides is 2. The van der Waals surface area contributed by atoms with Gasteiger partial charge in [-0.05, 0) is 24.3 Å². The van der Waals surface area contributed by atoms with E-state index < -0.39 is 0 Å². The van der Waals surface area contributed by atoms with Crippen LogP contribution in [0.2, 0.25) is 0 Å². The van der Waals surface area contributed by atoms with Gasteiger partial charge < -0.3 is 24.1 Å². The summed E-state index contributed by atoms with van der Waals surface area (Å²) in [4.78, 5) is 13.6. The van der Waals surface area contributed by atoms with Gasteiger partial charge in [0.2, 0.25) is 0 Å². The van der Waals surface area contributed by atoms with E-state index in [0.29, 0.717) is 31.2 Å². The first kappa shape index (κ1) is 14.3. The van der Waals surface area contributed by atoms with Crippen LogP contribution in [0.25, 0.3) is 0 Å². The predicted molar refractivity (Wildman–Crippen MR) is 79.9 cm³/mol. The molecule has 0 radical (unpaired) electrons. The zero-order valence-electron chi connectivity index (χ0n) is 12.3. The highest BCUT2D eigenvalue weighted by Crippen LogP contribution is 2.30. The number of fused-ring (bicyclic) bond motifs is 1. The zero-order chi connectivity index (χ0) is 15.4. The van der Waals surface area contributed by atoms with Crippen LogP contribution in [-0.4, -0.2) is 37.2 Å². The monoisotopic (exact) mass is 302 g/mol. The van der Waals surface area contributed by atoms with Gasteiger partial charge in [-0.25, -0.2) is 4.79 Å².